The first-order chi connectivity index (χ1) is 12.6. The minimum Gasteiger partial charge on any atom is -0.375 e. The Morgan fingerprint density at radius 2 is 1.92 bits per heavy atom. The topological polar surface area (TPSA) is 63.1 Å². The fourth-order valence-corrected chi connectivity index (χ4v) is 2.62. The highest BCUT2D eigenvalue weighted by atomic mass is 16.1. The van der Waals surface area contributed by atoms with E-state index in [-0.39, 0.29) is 5.91 Å². The molecule has 0 atom stereocenters. The molecule has 2 heterocycles. The van der Waals surface area contributed by atoms with E-state index in [1.165, 1.54) is 0 Å². The summed E-state index contributed by atoms with van der Waals surface area (Å²) in [4.78, 5) is 23.1. The number of imidazole rings is 1. The lowest BCUT2D eigenvalue weighted by atomic mass is 10.2. The molecule has 0 fully saturated rings. The van der Waals surface area contributed by atoms with Crippen LogP contribution in [0, 0.1) is 6.92 Å². The normalized spacial score (nSPS) is 10.6. The van der Waals surface area contributed by atoms with Gasteiger partial charge in [0.1, 0.15) is 11.6 Å². The van der Waals surface area contributed by atoms with Gasteiger partial charge in [0.05, 0.1) is 0 Å². The van der Waals surface area contributed by atoms with E-state index in [1.807, 2.05) is 61.1 Å². The van der Waals surface area contributed by atoms with Gasteiger partial charge in [-0.15, -0.1) is 0 Å². The van der Waals surface area contributed by atoms with Gasteiger partial charge in [-0.1, -0.05) is 6.07 Å². The van der Waals surface area contributed by atoms with Crippen molar-refractivity contribution in [3.05, 3.63) is 71.9 Å². The van der Waals surface area contributed by atoms with Gasteiger partial charge in [0, 0.05) is 50.0 Å². The van der Waals surface area contributed by atoms with Crippen molar-refractivity contribution in [3.8, 4) is 5.82 Å². The molecule has 0 radical (unpaired) electrons. The molecule has 6 nitrogen and oxygen atoms in total. The number of aromatic nitrogens is 3. The summed E-state index contributed by atoms with van der Waals surface area (Å²) in [6.45, 7) is 5.38. The number of hydrogen-bond acceptors (Lipinski definition) is 4. The molecule has 0 saturated carbocycles. The zero-order valence-electron chi connectivity index (χ0n) is 15.3. The van der Waals surface area contributed by atoms with Crippen LogP contribution in [0.15, 0.2) is 55.0 Å². The van der Waals surface area contributed by atoms with Crippen LogP contribution in [0.5, 0.6) is 0 Å². The second kappa shape index (κ2) is 7.82. The van der Waals surface area contributed by atoms with Crippen molar-refractivity contribution in [2.75, 3.05) is 18.5 Å². The molecule has 0 spiro atoms. The lowest BCUT2D eigenvalue weighted by Gasteiger charge is -2.16. The molecule has 6 heteroatoms. The zero-order chi connectivity index (χ0) is 18.5. The van der Waals surface area contributed by atoms with Crippen molar-refractivity contribution in [1.29, 1.82) is 0 Å². The van der Waals surface area contributed by atoms with Crippen LogP contribution < -0.4 is 10.2 Å². The molecule has 0 aliphatic rings. The van der Waals surface area contributed by atoms with E-state index < -0.39 is 0 Å². The van der Waals surface area contributed by atoms with Crippen molar-refractivity contribution < 1.29 is 4.79 Å². The van der Waals surface area contributed by atoms with E-state index in [0.29, 0.717) is 12.1 Å². The number of nitrogens with one attached hydrogen (secondary N) is 1. The Bertz CT molecular complexity index is 868. The number of anilines is 1. The third-order valence-corrected chi connectivity index (χ3v) is 4.38. The SMILES string of the molecule is CCN(C)c1ccc(C(=O)NCc2ccc(-n3ccnc3C)nc2)cc1. The summed E-state index contributed by atoms with van der Waals surface area (Å²) in [5.74, 6) is 1.60. The molecule has 26 heavy (non-hydrogen) atoms. The van der Waals surface area contributed by atoms with Crippen molar-refractivity contribution in [3.63, 3.8) is 0 Å². The Morgan fingerprint density at radius 3 is 2.50 bits per heavy atom. The predicted octanol–water partition coefficient (Wildman–Crippen LogP) is 2.96. The molecule has 1 N–H and O–H groups in total. The highest BCUT2D eigenvalue weighted by Gasteiger charge is 2.07. The van der Waals surface area contributed by atoms with Crippen molar-refractivity contribution >= 4 is 11.6 Å². The Hall–Kier alpha value is -3.15. The van der Waals surface area contributed by atoms with Crippen molar-refractivity contribution in [1.82, 2.24) is 19.9 Å². The van der Waals surface area contributed by atoms with Gasteiger partial charge >= 0.3 is 0 Å². The Labute approximate surface area is 153 Å². The summed E-state index contributed by atoms with van der Waals surface area (Å²) >= 11 is 0. The molecule has 3 rings (SSSR count). The summed E-state index contributed by atoms with van der Waals surface area (Å²) in [6.07, 6.45) is 5.39. The van der Waals surface area contributed by atoms with Crippen LogP contribution in [-0.2, 0) is 6.54 Å². The molecule has 134 valence electrons. The number of carbonyl (C=O) groups is 1. The maximum absolute atomic E-state index is 12.3. The fourth-order valence-electron chi connectivity index (χ4n) is 2.62. The average molecular weight is 349 g/mol. The maximum atomic E-state index is 12.3. The Kier molecular flexibility index (Phi) is 5.31. The third kappa shape index (κ3) is 3.91. The van der Waals surface area contributed by atoms with Crippen LogP contribution >= 0.6 is 0 Å². The summed E-state index contributed by atoms with van der Waals surface area (Å²) in [5.41, 5.74) is 2.69. The maximum Gasteiger partial charge on any atom is 0.251 e. The van der Waals surface area contributed by atoms with E-state index in [1.54, 1.807) is 12.4 Å². The van der Waals surface area contributed by atoms with E-state index in [2.05, 4.69) is 27.1 Å². The molecule has 1 aromatic carbocycles. The first-order valence-electron chi connectivity index (χ1n) is 8.63. The number of aryl methyl sites for hydroxylation is 1. The lowest BCUT2D eigenvalue weighted by Crippen LogP contribution is -2.23. The standard InChI is InChI=1S/C20H23N5O/c1-4-24(3)18-8-6-17(7-9-18)20(26)23-14-16-5-10-19(22-13-16)25-12-11-21-15(25)2/h5-13H,4,14H2,1-3H3,(H,23,26). The molecular weight excluding hydrogens is 326 g/mol. The molecule has 3 aromatic rings. The summed E-state index contributed by atoms with van der Waals surface area (Å²) < 4.78 is 1.91. The average Bonchev–Trinajstić information content (AvgIpc) is 3.12. The molecule has 1 amide bonds. The third-order valence-electron chi connectivity index (χ3n) is 4.38. The summed E-state index contributed by atoms with van der Waals surface area (Å²) in [7, 11) is 2.02. The highest BCUT2D eigenvalue weighted by molar-refractivity contribution is 5.94. The minimum absolute atomic E-state index is 0.0924. The number of benzene rings is 1. The quantitative estimate of drug-likeness (QED) is 0.743. The molecule has 0 aliphatic heterocycles. The number of nitrogens with zero attached hydrogens (tertiary/aromatic N) is 4. The second-order valence-electron chi connectivity index (χ2n) is 6.11. The Morgan fingerprint density at radius 1 is 1.15 bits per heavy atom. The molecular formula is C20H23N5O. The zero-order valence-corrected chi connectivity index (χ0v) is 15.3. The van der Waals surface area contributed by atoms with E-state index >= 15 is 0 Å². The lowest BCUT2D eigenvalue weighted by molar-refractivity contribution is 0.0951. The first-order valence-corrected chi connectivity index (χ1v) is 8.63. The van der Waals surface area contributed by atoms with Gasteiger partial charge in [0.25, 0.3) is 5.91 Å². The Balaban J connectivity index is 1.60. The fraction of sp³-hybridized carbons (Fsp3) is 0.250. The van der Waals surface area contributed by atoms with Crippen LogP contribution in [0.4, 0.5) is 5.69 Å². The van der Waals surface area contributed by atoms with Gasteiger partial charge in [-0.05, 0) is 49.7 Å². The second-order valence-corrected chi connectivity index (χ2v) is 6.11. The van der Waals surface area contributed by atoms with Crippen molar-refractivity contribution in [2.45, 2.75) is 20.4 Å². The number of rotatable bonds is 6. The first kappa shape index (κ1) is 17.7. The van der Waals surface area contributed by atoms with Gasteiger partial charge in [-0.25, -0.2) is 9.97 Å². The highest BCUT2D eigenvalue weighted by Crippen LogP contribution is 2.14. The van der Waals surface area contributed by atoms with Crippen LogP contribution in [0.3, 0.4) is 0 Å². The van der Waals surface area contributed by atoms with Crippen LogP contribution in [0.2, 0.25) is 0 Å². The van der Waals surface area contributed by atoms with Gasteiger partial charge in [0.15, 0.2) is 0 Å². The number of pyridine rings is 1. The van der Waals surface area contributed by atoms with E-state index in [9.17, 15) is 4.79 Å². The summed E-state index contributed by atoms with van der Waals surface area (Å²) in [5, 5.41) is 2.93. The molecule has 0 saturated heterocycles. The molecule has 2 aromatic heterocycles. The monoisotopic (exact) mass is 349 g/mol. The smallest absolute Gasteiger partial charge is 0.251 e. The predicted molar refractivity (Wildman–Crippen MR) is 103 cm³/mol. The summed E-state index contributed by atoms with van der Waals surface area (Å²) in [6, 6.07) is 11.5. The number of carbonyl (C=O) groups excluding carboxylic acids is 1. The van der Waals surface area contributed by atoms with Crippen LogP contribution in [0.1, 0.15) is 28.7 Å². The van der Waals surface area contributed by atoms with Crippen molar-refractivity contribution in [2.24, 2.45) is 0 Å². The minimum atomic E-state index is -0.0924. The van der Waals surface area contributed by atoms with Gasteiger partial charge in [-0.3, -0.25) is 9.36 Å². The van der Waals surface area contributed by atoms with Crippen LogP contribution in [0.25, 0.3) is 5.82 Å². The van der Waals surface area contributed by atoms with Crippen LogP contribution in [-0.4, -0.2) is 34.0 Å². The molecule has 0 aliphatic carbocycles. The molecule has 0 unspecified atom stereocenters. The molecule has 0 bridgehead atoms. The number of hydrogen-bond donors (Lipinski definition) is 1. The van der Waals surface area contributed by atoms with E-state index in [0.717, 1.165) is 29.4 Å². The van der Waals surface area contributed by atoms with Gasteiger partial charge in [-0.2, -0.15) is 0 Å². The van der Waals surface area contributed by atoms with E-state index in [4.69, 9.17) is 0 Å². The van der Waals surface area contributed by atoms with Gasteiger partial charge < -0.3 is 10.2 Å². The number of amides is 1. The largest absolute Gasteiger partial charge is 0.375 e. The van der Waals surface area contributed by atoms with Gasteiger partial charge in [0.2, 0.25) is 0 Å².